The number of hydrogen-bond acceptors (Lipinski definition) is 11. The molecule has 1 heterocycles. The van der Waals surface area contributed by atoms with Crippen LogP contribution in [0, 0.1) is 0 Å². The van der Waals surface area contributed by atoms with Gasteiger partial charge in [-0.15, -0.1) is 0 Å². The molecule has 0 saturated carbocycles. The Morgan fingerprint density at radius 1 is 0.326 bits per heavy atom. The zero-order valence-electron chi connectivity index (χ0n) is 49.1. The van der Waals surface area contributed by atoms with E-state index in [2.05, 4.69) is 0 Å². The molecular formula is C78H66O11. The topological polar surface area (TPSA) is 109 Å². The summed E-state index contributed by atoms with van der Waals surface area (Å²) >= 11 is 0. The van der Waals surface area contributed by atoms with Crippen molar-refractivity contribution in [2.45, 2.75) is 71.5 Å². The van der Waals surface area contributed by atoms with Crippen LogP contribution >= 0.6 is 0 Å². The molecule has 2 atom stereocenters. The Hall–Kier alpha value is -10.9. The molecule has 11 aromatic carbocycles. The first kappa shape index (κ1) is 58.5. The number of benzene rings is 11. The fraction of sp³-hybridized carbons (Fsp3) is 0.141. The molecular weight excluding hydrogens is 1110 g/mol. The van der Waals surface area contributed by atoms with Crippen molar-refractivity contribution in [1.82, 2.24) is 0 Å². The third-order valence-corrected chi connectivity index (χ3v) is 14.9. The second-order valence-corrected chi connectivity index (χ2v) is 21.4. The van der Waals surface area contributed by atoms with E-state index in [0.29, 0.717) is 58.0 Å². The van der Waals surface area contributed by atoms with Crippen LogP contribution in [0.4, 0.5) is 0 Å². The lowest BCUT2D eigenvalue weighted by Crippen LogP contribution is -2.35. The molecule has 12 rings (SSSR count). The summed E-state index contributed by atoms with van der Waals surface area (Å²) in [6, 6.07) is 90.0. The van der Waals surface area contributed by atoms with Gasteiger partial charge in [-0.3, -0.25) is 0 Å². The summed E-state index contributed by atoms with van der Waals surface area (Å²) in [6.07, 6.45) is -1.86. The second-order valence-electron chi connectivity index (χ2n) is 21.4. The van der Waals surface area contributed by atoms with Crippen molar-refractivity contribution in [1.29, 1.82) is 0 Å². The predicted octanol–water partition coefficient (Wildman–Crippen LogP) is 17.2. The highest BCUT2D eigenvalue weighted by molar-refractivity contribution is 5.91. The predicted molar refractivity (Wildman–Crippen MR) is 342 cm³/mol. The number of ether oxygens (including phenoxy) is 10. The molecule has 0 fully saturated rings. The van der Waals surface area contributed by atoms with Gasteiger partial charge in [0.05, 0.1) is 5.56 Å². The van der Waals surface area contributed by atoms with Crippen molar-refractivity contribution < 1.29 is 52.2 Å². The minimum atomic E-state index is -1.01. The summed E-state index contributed by atoms with van der Waals surface area (Å²) in [4.78, 5) is 15.6. The van der Waals surface area contributed by atoms with Gasteiger partial charge in [0.25, 0.3) is 0 Å². The van der Waals surface area contributed by atoms with E-state index in [1.54, 1.807) is 12.1 Å². The molecule has 11 nitrogen and oxygen atoms in total. The molecule has 11 aromatic rings. The highest BCUT2D eigenvalue weighted by atomic mass is 16.6. The third kappa shape index (κ3) is 15.9. The highest BCUT2D eigenvalue weighted by Gasteiger charge is 2.39. The molecule has 0 N–H and O–H groups in total. The molecule has 0 unspecified atom stereocenters. The Kier molecular flexibility index (Phi) is 19.4. The van der Waals surface area contributed by atoms with E-state index in [1.807, 2.05) is 267 Å². The number of carbonyl (C=O) groups excluding carboxylic acids is 1. The van der Waals surface area contributed by atoms with E-state index in [-0.39, 0.29) is 69.7 Å². The minimum absolute atomic E-state index is 0.147. The van der Waals surface area contributed by atoms with Crippen molar-refractivity contribution in [3.05, 3.63) is 340 Å². The minimum Gasteiger partial charge on any atom is -0.489 e. The van der Waals surface area contributed by atoms with Crippen molar-refractivity contribution in [3.63, 3.8) is 0 Å². The summed E-state index contributed by atoms with van der Waals surface area (Å²) in [5.41, 5.74) is 8.95. The smallest absolute Gasteiger partial charge is 0.338 e. The van der Waals surface area contributed by atoms with Crippen molar-refractivity contribution in [2.75, 3.05) is 0 Å². The quantitative estimate of drug-likeness (QED) is 0.0459. The molecule has 0 spiro atoms. The molecule has 0 bridgehead atoms. The van der Waals surface area contributed by atoms with Gasteiger partial charge in [-0.2, -0.15) is 0 Å². The maximum atomic E-state index is 15.6. The van der Waals surface area contributed by atoms with Crippen LogP contribution in [0.5, 0.6) is 51.7 Å². The van der Waals surface area contributed by atoms with E-state index in [9.17, 15) is 0 Å². The van der Waals surface area contributed by atoms with Gasteiger partial charge in [-0.05, 0) is 68.8 Å². The van der Waals surface area contributed by atoms with E-state index < -0.39 is 18.2 Å². The summed E-state index contributed by atoms with van der Waals surface area (Å²) in [5.74, 6) is 2.91. The van der Waals surface area contributed by atoms with Gasteiger partial charge >= 0.3 is 5.97 Å². The van der Waals surface area contributed by atoms with Crippen LogP contribution in [0.2, 0.25) is 0 Å². The van der Waals surface area contributed by atoms with Crippen LogP contribution in [0.1, 0.15) is 72.1 Å². The first-order valence-corrected chi connectivity index (χ1v) is 29.7. The number of fused-ring (bicyclic) bond motifs is 1. The maximum absolute atomic E-state index is 15.6. The molecule has 89 heavy (non-hydrogen) atoms. The fourth-order valence-electron chi connectivity index (χ4n) is 10.3. The van der Waals surface area contributed by atoms with Gasteiger partial charge in [-0.25, -0.2) is 4.79 Å². The van der Waals surface area contributed by atoms with Gasteiger partial charge < -0.3 is 47.4 Å². The molecule has 0 aliphatic carbocycles. The third-order valence-electron chi connectivity index (χ3n) is 14.9. The molecule has 11 heteroatoms. The zero-order valence-corrected chi connectivity index (χ0v) is 49.1. The van der Waals surface area contributed by atoms with Crippen LogP contribution in [-0.4, -0.2) is 12.1 Å². The SMILES string of the molecule is O=C(O[C@H]1Cc2c(OCc3ccccc3)cc(OCc3ccccc3)cc2O[C@@H]1c1cc(OCc2ccccc2)c(OCc2ccccc2)c(OCc2ccccc2)c1)c1cc(OCc2ccccc2)c(OCc2ccccc2)c(OCc2ccccc2)c1. The van der Waals surface area contributed by atoms with E-state index in [4.69, 9.17) is 47.4 Å². The Bertz CT molecular complexity index is 3880. The average Bonchev–Trinajstić information content (AvgIpc) is 2.76. The maximum Gasteiger partial charge on any atom is 0.338 e. The fourth-order valence-corrected chi connectivity index (χ4v) is 10.3. The summed E-state index contributed by atoms with van der Waals surface area (Å²) in [7, 11) is 0. The molecule has 1 aliphatic heterocycles. The van der Waals surface area contributed by atoms with Crippen LogP contribution in [0.15, 0.2) is 279 Å². The Balaban J connectivity index is 0.978. The lowest BCUT2D eigenvalue weighted by molar-refractivity contribution is -0.0191. The highest BCUT2D eigenvalue weighted by Crippen LogP contribution is 2.49. The Morgan fingerprint density at radius 3 is 0.955 bits per heavy atom. The number of rotatable bonds is 27. The average molecular weight is 1180 g/mol. The Morgan fingerprint density at radius 2 is 0.618 bits per heavy atom. The Labute approximate surface area is 519 Å². The van der Waals surface area contributed by atoms with Crippen LogP contribution in [0.25, 0.3) is 0 Å². The molecule has 0 saturated heterocycles. The van der Waals surface area contributed by atoms with E-state index in [1.165, 1.54) is 0 Å². The van der Waals surface area contributed by atoms with E-state index in [0.717, 1.165) is 44.5 Å². The number of carbonyl (C=O) groups is 1. The van der Waals surface area contributed by atoms with Crippen molar-refractivity contribution >= 4 is 5.97 Å². The van der Waals surface area contributed by atoms with Crippen LogP contribution < -0.4 is 42.6 Å². The van der Waals surface area contributed by atoms with Gasteiger partial charge in [0, 0.05) is 29.7 Å². The van der Waals surface area contributed by atoms with Gasteiger partial charge in [-0.1, -0.05) is 243 Å². The van der Waals surface area contributed by atoms with E-state index >= 15 is 4.79 Å². The van der Waals surface area contributed by atoms with Gasteiger partial charge in [0.2, 0.25) is 11.5 Å². The molecule has 444 valence electrons. The summed E-state index contributed by atoms with van der Waals surface area (Å²) in [5, 5.41) is 0. The van der Waals surface area contributed by atoms with Crippen LogP contribution in [0.3, 0.4) is 0 Å². The van der Waals surface area contributed by atoms with Gasteiger partial charge in [0.1, 0.15) is 76.2 Å². The first-order valence-electron chi connectivity index (χ1n) is 29.7. The monoisotopic (exact) mass is 1180 g/mol. The molecule has 0 radical (unpaired) electrons. The largest absolute Gasteiger partial charge is 0.489 e. The number of hydrogen-bond donors (Lipinski definition) is 0. The lowest BCUT2D eigenvalue weighted by atomic mass is 9.93. The zero-order chi connectivity index (χ0) is 60.2. The van der Waals surface area contributed by atoms with Crippen molar-refractivity contribution in [2.24, 2.45) is 0 Å². The molecule has 1 aliphatic rings. The molecule has 0 amide bonds. The second kappa shape index (κ2) is 29.5. The van der Waals surface area contributed by atoms with Crippen LogP contribution in [-0.2, 0) is 64.0 Å². The summed E-state index contributed by atoms with van der Waals surface area (Å²) in [6.45, 7) is 1.71. The van der Waals surface area contributed by atoms with Gasteiger partial charge in [0.15, 0.2) is 29.1 Å². The standard InChI is InChI=1S/C78H66O11/c79-78(65-43-72(84-52-60-33-17-5-18-34-60)77(87-55-63-39-23-8-24-40-63)73(44-65)85-53-61-35-19-6-20-36-61)89-74-47-67-68(81-49-57-27-11-2-12-28-57)45-66(80-48-56-25-9-1-10-26-56)46-69(67)88-75(74)64-41-70(82-50-58-29-13-3-14-30-58)76(86-54-62-37-21-7-22-38-62)71(42-64)83-51-59-31-15-4-16-32-59/h1-46,74-75H,47-55H2/t74-,75+/m0/s1. The van der Waals surface area contributed by atoms with Crippen molar-refractivity contribution in [3.8, 4) is 51.7 Å². The summed E-state index contributed by atoms with van der Waals surface area (Å²) < 4.78 is 67.9. The normalized spacial score (nSPS) is 13.2. The number of esters is 1. The molecule has 0 aromatic heterocycles. The first-order chi connectivity index (χ1) is 44.0. The lowest BCUT2D eigenvalue weighted by Gasteiger charge is -2.35.